The van der Waals surface area contributed by atoms with Gasteiger partial charge in [0, 0.05) is 24.5 Å². The van der Waals surface area contributed by atoms with Gasteiger partial charge in [-0.3, -0.25) is 0 Å². The van der Waals surface area contributed by atoms with E-state index < -0.39 is 0 Å². The highest BCUT2D eigenvalue weighted by molar-refractivity contribution is 5.49. The number of anilines is 2. The number of pyridine rings is 1. The SMILES string of the molecule is Nc1cc(NCCC2CCC2)ccn1. The lowest BCUT2D eigenvalue weighted by Crippen LogP contribution is -2.15. The van der Waals surface area contributed by atoms with Gasteiger partial charge in [-0.05, 0) is 18.4 Å². The lowest BCUT2D eigenvalue weighted by atomic mass is 9.83. The van der Waals surface area contributed by atoms with Crippen molar-refractivity contribution in [3.63, 3.8) is 0 Å². The maximum atomic E-state index is 5.58. The van der Waals surface area contributed by atoms with Crippen LogP contribution in [-0.4, -0.2) is 11.5 Å². The minimum absolute atomic E-state index is 0.582. The maximum absolute atomic E-state index is 5.58. The van der Waals surface area contributed by atoms with E-state index in [0.717, 1.165) is 18.2 Å². The van der Waals surface area contributed by atoms with Crippen LogP contribution >= 0.6 is 0 Å². The van der Waals surface area contributed by atoms with E-state index in [4.69, 9.17) is 5.73 Å². The third-order valence-electron chi connectivity index (χ3n) is 2.89. The highest BCUT2D eigenvalue weighted by atomic mass is 14.9. The monoisotopic (exact) mass is 191 g/mol. The number of aromatic nitrogens is 1. The first-order valence-corrected chi connectivity index (χ1v) is 5.30. The van der Waals surface area contributed by atoms with Crippen molar-refractivity contribution < 1.29 is 0 Å². The lowest BCUT2D eigenvalue weighted by molar-refractivity contribution is 0.303. The molecule has 1 aliphatic rings. The number of rotatable bonds is 4. The average Bonchev–Trinajstić information content (AvgIpc) is 2.09. The zero-order valence-electron chi connectivity index (χ0n) is 8.37. The van der Waals surface area contributed by atoms with Crippen molar-refractivity contribution in [1.82, 2.24) is 4.98 Å². The summed E-state index contributed by atoms with van der Waals surface area (Å²) in [6.45, 7) is 1.05. The third kappa shape index (κ3) is 2.37. The van der Waals surface area contributed by atoms with E-state index in [-0.39, 0.29) is 0 Å². The van der Waals surface area contributed by atoms with Crippen LogP contribution in [0.5, 0.6) is 0 Å². The molecule has 0 aliphatic heterocycles. The number of nitrogens with one attached hydrogen (secondary N) is 1. The molecule has 1 saturated carbocycles. The summed E-state index contributed by atoms with van der Waals surface area (Å²) in [6, 6.07) is 3.83. The van der Waals surface area contributed by atoms with Crippen molar-refractivity contribution in [2.45, 2.75) is 25.7 Å². The number of nitrogens with zero attached hydrogens (tertiary/aromatic N) is 1. The normalized spacial score (nSPS) is 16.3. The Bertz CT molecular complexity index is 294. The summed E-state index contributed by atoms with van der Waals surface area (Å²) in [6.07, 6.45) is 7.27. The van der Waals surface area contributed by atoms with Crippen molar-refractivity contribution >= 4 is 11.5 Å². The molecular weight excluding hydrogens is 174 g/mol. The van der Waals surface area contributed by atoms with Crippen LogP contribution < -0.4 is 11.1 Å². The molecule has 3 heteroatoms. The van der Waals surface area contributed by atoms with E-state index in [1.807, 2.05) is 12.1 Å². The highest BCUT2D eigenvalue weighted by Gasteiger charge is 2.16. The molecule has 1 fully saturated rings. The first-order chi connectivity index (χ1) is 6.84. The zero-order valence-corrected chi connectivity index (χ0v) is 8.37. The fraction of sp³-hybridized carbons (Fsp3) is 0.545. The van der Waals surface area contributed by atoms with Gasteiger partial charge in [0.2, 0.25) is 0 Å². The molecule has 1 aromatic rings. The molecule has 2 rings (SSSR count). The number of nitrogen functional groups attached to an aromatic ring is 1. The Kier molecular flexibility index (Phi) is 2.87. The van der Waals surface area contributed by atoms with E-state index in [1.165, 1.54) is 25.7 Å². The predicted octanol–water partition coefficient (Wildman–Crippen LogP) is 2.27. The Balaban J connectivity index is 1.74. The summed E-state index contributed by atoms with van der Waals surface area (Å²) in [5.74, 6) is 1.54. The Labute approximate surface area is 84.7 Å². The van der Waals surface area contributed by atoms with E-state index in [1.54, 1.807) is 6.20 Å². The van der Waals surface area contributed by atoms with Crippen molar-refractivity contribution in [3.8, 4) is 0 Å². The third-order valence-corrected chi connectivity index (χ3v) is 2.89. The fourth-order valence-electron chi connectivity index (χ4n) is 1.76. The Hall–Kier alpha value is -1.25. The van der Waals surface area contributed by atoms with Crippen LogP contribution in [0.4, 0.5) is 11.5 Å². The maximum Gasteiger partial charge on any atom is 0.125 e. The van der Waals surface area contributed by atoms with Crippen LogP contribution in [0.1, 0.15) is 25.7 Å². The van der Waals surface area contributed by atoms with Gasteiger partial charge in [0.05, 0.1) is 0 Å². The molecule has 14 heavy (non-hydrogen) atoms. The average molecular weight is 191 g/mol. The van der Waals surface area contributed by atoms with Gasteiger partial charge in [0.1, 0.15) is 5.82 Å². The van der Waals surface area contributed by atoms with Crippen LogP contribution in [-0.2, 0) is 0 Å². The first kappa shape index (κ1) is 9.31. The number of hydrogen-bond donors (Lipinski definition) is 2. The van der Waals surface area contributed by atoms with Crippen LogP contribution in [0.15, 0.2) is 18.3 Å². The number of hydrogen-bond acceptors (Lipinski definition) is 3. The Morgan fingerprint density at radius 2 is 2.36 bits per heavy atom. The van der Waals surface area contributed by atoms with Gasteiger partial charge in [-0.2, -0.15) is 0 Å². The van der Waals surface area contributed by atoms with E-state index in [9.17, 15) is 0 Å². The van der Waals surface area contributed by atoms with Gasteiger partial charge in [-0.15, -0.1) is 0 Å². The zero-order chi connectivity index (χ0) is 9.80. The van der Waals surface area contributed by atoms with Gasteiger partial charge in [-0.1, -0.05) is 19.3 Å². The second-order valence-electron chi connectivity index (χ2n) is 3.98. The molecule has 1 aromatic heterocycles. The van der Waals surface area contributed by atoms with Crippen molar-refractivity contribution in [1.29, 1.82) is 0 Å². The van der Waals surface area contributed by atoms with E-state index in [2.05, 4.69) is 10.3 Å². The first-order valence-electron chi connectivity index (χ1n) is 5.30. The second-order valence-corrected chi connectivity index (χ2v) is 3.98. The van der Waals surface area contributed by atoms with Gasteiger partial charge in [0.15, 0.2) is 0 Å². The largest absolute Gasteiger partial charge is 0.385 e. The molecule has 1 aliphatic carbocycles. The molecule has 0 radical (unpaired) electrons. The summed E-state index contributed by atoms with van der Waals surface area (Å²) < 4.78 is 0. The summed E-state index contributed by atoms with van der Waals surface area (Å²) >= 11 is 0. The molecule has 76 valence electrons. The predicted molar refractivity (Wildman–Crippen MR) is 59.1 cm³/mol. The van der Waals surface area contributed by atoms with Crippen molar-refractivity contribution in [2.75, 3.05) is 17.6 Å². The Morgan fingerprint density at radius 3 is 3.00 bits per heavy atom. The van der Waals surface area contributed by atoms with Gasteiger partial charge < -0.3 is 11.1 Å². The van der Waals surface area contributed by atoms with Gasteiger partial charge in [-0.25, -0.2) is 4.98 Å². The smallest absolute Gasteiger partial charge is 0.125 e. The quantitative estimate of drug-likeness (QED) is 0.767. The van der Waals surface area contributed by atoms with Crippen LogP contribution in [0, 0.1) is 5.92 Å². The summed E-state index contributed by atoms with van der Waals surface area (Å²) in [5, 5.41) is 3.36. The molecular formula is C11H17N3. The van der Waals surface area contributed by atoms with Crippen molar-refractivity contribution in [2.24, 2.45) is 5.92 Å². The summed E-state index contributed by atoms with van der Waals surface area (Å²) in [4.78, 5) is 3.95. The molecule has 0 spiro atoms. The van der Waals surface area contributed by atoms with Crippen LogP contribution in [0.25, 0.3) is 0 Å². The number of nitrogens with two attached hydrogens (primary N) is 1. The summed E-state index contributed by atoms with van der Waals surface area (Å²) in [5.41, 5.74) is 6.66. The molecule has 3 N–H and O–H groups in total. The molecule has 0 amide bonds. The van der Waals surface area contributed by atoms with Crippen LogP contribution in [0.2, 0.25) is 0 Å². The molecule has 0 atom stereocenters. The molecule has 0 bridgehead atoms. The van der Waals surface area contributed by atoms with E-state index in [0.29, 0.717) is 5.82 Å². The fourth-order valence-corrected chi connectivity index (χ4v) is 1.76. The highest BCUT2D eigenvalue weighted by Crippen LogP contribution is 2.29. The standard InChI is InChI=1S/C11H17N3/c12-11-8-10(5-7-14-11)13-6-4-9-2-1-3-9/h5,7-9H,1-4,6H2,(H3,12,13,14). The Morgan fingerprint density at radius 1 is 1.50 bits per heavy atom. The summed E-state index contributed by atoms with van der Waals surface area (Å²) in [7, 11) is 0. The second kappa shape index (κ2) is 4.31. The molecule has 1 heterocycles. The van der Waals surface area contributed by atoms with Gasteiger partial charge in [0.25, 0.3) is 0 Å². The molecule has 0 aromatic carbocycles. The minimum atomic E-state index is 0.582. The lowest BCUT2D eigenvalue weighted by Gasteiger charge is -2.25. The van der Waals surface area contributed by atoms with Crippen molar-refractivity contribution in [3.05, 3.63) is 18.3 Å². The minimum Gasteiger partial charge on any atom is -0.385 e. The van der Waals surface area contributed by atoms with E-state index >= 15 is 0 Å². The molecule has 0 unspecified atom stereocenters. The molecule has 3 nitrogen and oxygen atoms in total. The van der Waals surface area contributed by atoms with Crippen LogP contribution in [0.3, 0.4) is 0 Å². The topological polar surface area (TPSA) is 50.9 Å². The van der Waals surface area contributed by atoms with Gasteiger partial charge >= 0.3 is 0 Å². The molecule has 0 saturated heterocycles.